The zero-order valence-corrected chi connectivity index (χ0v) is 19.9. The molecule has 2 heterocycles. The zero-order chi connectivity index (χ0) is 25.1. The summed E-state index contributed by atoms with van der Waals surface area (Å²) >= 11 is 5.96. The van der Waals surface area contributed by atoms with Gasteiger partial charge in [-0.25, -0.2) is 9.59 Å². The minimum absolute atomic E-state index is 0.121. The molecule has 0 bridgehead atoms. The van der Waals surface area contributed by atoms with Crippen LogP contribution in [0.3, 0.4) is 0 Å². The number of aromatic amines is 1. The number of alkyl halides is 1. The fourth-order valence-corrected chi connectivity index (χ4v) is 4.63. The van der Waals surface area contributed by atoms with Crippen LogP contribution in [0.25, 0.3) is 10.9 Å². The number of H-pyrrole nitrogens is 1. The highest BCUT2D eigenvalue weighted by Crippen LogP contribution is 2.42. The van der Waals surface area contributed by atoms with E-state index >= 15 is 0 Å². The average molecular weight is 495 g/mol. The highest BCUT2D eigenvalue weighted by atomic mass is 35.5. The maximum Gasteiger partial charge on any atom is 0.337 e. The molecule has 0 saturated carbocycles. The van der Waals surface area contributed by atoms with Crippen LogP contribution in [-0.4, -0.2) is 60.5 Å². The third-order valence-corrected chi connectivity index (χ3v) is 6.27. The molecule has 9 heteroatoms. The number of benzene rings is 2. The van der Waals surface area contributed by atoms with Crippen molar-refractivity contribution in [1.29, 1.82) is 0 Å². The lowest BCUT2D eigenvalue weighted by Crippen LogP contribution is -2.52. The molecular formula is C26H23ClN2O6. The van der Waals surface area contributed by atoms with Gasteiger partial charge in [0.15, 0.2) is 0 Å². The number of nitrogens with one attached hydrogen (secondary N) is 1. The molecule has 2 atom stereocenters. The normalized spacial score (nSPS) is 16.8. The van der Waals surface area contributed by atoms with Gasteiger partial charge < -0.3 is 24.1 Å². The molecule has 1 amide bonds. The smallest absolute Gasteiger partial charge is 0.337 e. The van der Waals surface area contributed by atoms with Gasteiger partial charge in [-0.15, -0.1) is 18.0 Å². The summed E-state index contributed by atoms with van der Waals surface area (Å²) in [7, 11) is 2.58. The number of esters is 2. The molecule has 180 valence electrons. The first-order valence-corrected chi connectivity index (χ1v) is 11.3. The van der Waals surface area contributed by atoms with Crippen molar-refractivity contribution in [3.8, 4) is 18.1 Å². The summed E-state index contributed by atoms with van der Waals surface area (Å²) < 4.78 is 15.4. The standard InChI is InChI=1S/C26H23ClN2O6/c1-4-11-35-17-9-10-20-18(12-17)19-13-21(26(32)34-3)29(22(30)14-27)24(23(19)28-20)15-5-7-16(8-6-15)25(31)33-2/h1,5-10,12,21,24,28H,11,13-14H2,2-3H3. The summed E-state index contributed by atoms with van der Waals surface area (Å²) in [6.07, 6.45) is 5.54. The average Bonchev–Trinajstić information content (AvgIpc) is 3.27. The van der Waals surface area contributed by atoms with Crippen molar-refractivity contribution in [3.05, 3.63) is 64.8 Å². The van der Waals surface area contributed by atoms with Crippen LogP contribution in [0.15, 0.2) is 42.5 Å². The third kappa shape index (κ3) is 4.43. The maximum atomic E-state index is 13.1. The van der Waals surface area contributed by atoms with Crippen molar-refractivity contribution in [2.45, 2.75) is 18.5 Å². The van der Waals surface area contributed by atoms with Crippen molar-refractivity contribution in [1.82, 2.24) is 9.88 Å². The second-order valence-corrected chi connectivity index (χ2v) is 8.18. The first-order chi connectivity index (χ1) is 16.9. The Morgan fingerprint density at radius 3 is 2.51 bits per heavy atom. The Hall–Kier alpha value is -3.96. The van der Waals surface area contributed by atoms with E-state index < -0.39 is 29.9 Å². The number of hydrogen-bond acceptors (Lipinski definition) is 6. The van der Waals surface area contributed by atoms with E-state index in [2.05, 4.69) is 10.9 Å². The topological polar surface area (TPSA) is 97.9 Å². The van der Waals surface area contributed by atoms with Gasteiger partial charge in [-0.2, -0.15) is 0 Å². The fraction of sp³-hybridized carbons (Fsp3) is 0.269. The SMILES string of the molecule is C#CCOc1ccc2[nH]c3c(c2c1)CC(C(=O)OC)N(C(=O)CCl)C3c1ccc(C(=O)OC)cc1. The summed E-state index contributed by atoms with van der Waals surface area (Å²) in [5.41, 5.74) is 3.43. The number of methoxy groups -OCH3 is 2. The Labute approximate surface area is 207 Å². The van der Waals surface area contributed by atoms with Crippen LogP contribution < -0.4 is 4.74 Å². The summed E-state index contributed by atoms with van der Waals surface area (Å²) in [5.74, 6) is 1.25. The van der Waals surface area contributed by atoms with Crippen LogP contribution in [0.4, 0.5) is 0 Å². The van der Waals surface area contributed by atoms with E-state index in [0.29, 0.717) is 16.9 Å². The molecule has 0 radical (unpaired) electrons. The Bertz CT molecular complexity index is 1320. The van der Waals surface area contributed by atoms with E-state index in [1.807, 2.05) is 12.1 Å². The van der Waals surface area contributed by atoms with Crippen molar-refractivity contribution in [2.24, 2.45) is 0 Å². The Morgan fingerprint density at radius 1 is 1.14 bits per heavy atom. The highest BCUT2D eigenvalue weighted by Gasteiger charge is 2.43. The van der Waals surface area contributed by atoms with Crippen molar-refractivity contribution in [3.63, 3.8) is 0 Å². The maximum absolute atomic E-state index is 13.1. The molecule has 3 aromatic rings. The van der Waals surface area contributed by atoms with E-state index in [-0.39, 0.29) is 18.9 Å². The number of terminal acetylenes is 1. The third-order valence-electron chi connectivity index (χ3n) is 6.04. The Balaban J connectivity index is 1.91. The van der Waals surface area contributed by atoms with Gasteiger partial charge >= 0.3 is 11.9 Å². The van der Waals surface area contributed by atoms with Crippen LogP contribution >= 0.6 is 11.6 Å². The van der Waals surface area contributed by atoms with Crippen LogP contribution in [0.2, 0.25) is 0 Å². The molecule has 4 rings (SSSR count). The molecular weight excluding hydrogens is 472 g/mol. The minimum Gasteiger partial charge on any atom is -0.481 e. The Morgan fingerprint density at radius 2 is 1.89 bits per heavy atom. The fourth-order valence-electron chi connectivity index (χ4n) is 4.49. The largest absolute Gasteiger partial charge is 0.481 e. The summed E-state index contributed by atoms with van der Waals surface area (Å²) in [4.78, 5) is 42.7. The lowest BCUT2D eigenvalue weighted by Gasteiger charge is -2.40. The number of aromatic nitrogens is 1. The number of halogens is 1. The highest BCUT2D eigenvalue weighted by molar-refractivity contribution is 6.27. The number of fused-ring (bicyclic) bond motifs is 3. The molecule has 0 aliphatic carbocycles. The second kappa shape index (κ2) is 10.1. The van der Waals surface area contributed by atoms with Gasteiger partial charge in [0.2, 0.25) is 5.91 Å². The molecule has 2 unspecified atom stereocenters. The molecule has 0 saturated heterocycles. The molecule has 8 nitrogen and oxygen atoms in total. The molecule has 2 aromatic carbocycles. The van der Waals surface area contributed by atoms with Crippen LogP contribution in [-0.2, 0) is 25.5 Å². The van der Waals surface area contributed by atoms with Gasteiger partial charge in [-0.3, -0.25) is 4.79 Å². The number of carbonyl (C=O) groups is 3. The van der Waals surface area contributed by atoms with Gasteiger partial charge in [0.25, 0.3) is 0 Å². The molecule has 0 fully saturated rings. The van der Waals surface area contributed by atoms with E-state index in [1.54, 1.807) is 30.3 Å². The van der Waals surface area contributed by atoms with Crippen LogP contribution in [0, 0.1) is 12.3 Å². The minimum atomic E-state index is -0.904. The molecule has 1 aliphatic heterocycles. The number of ether oxygens (including phenoxy) is 3. The Kier molecular flexibility index (Phi) is 6.99. The number of hydrogen-bond donors (Lipinski definition) is 1. The molecule has 1 aliphatic rings. The van der Waals surface area contributed by atoms with Crippen molar-refractivity contribution >= 4 is 40.3 Å². The lowest BCUT2D eigenvalue weighted by atomic mass is 9.87. The molecule has 35 heavy (non-hydrogen) atoms. The summed E-state index contributed by atoms with van der Waals surface area (Å²) in [5, 5.41) is 0.845. The number of nitrogens with zero attached hydrogens (tertiary/aromatic N) is 1. The van der Waals surface area contributed by atoms with Gasteiger partial charge in [0, 0.05) is 23.0 Å². The van der Waals surface area contributed by atoms with E-state index in [9.17, 15) is 14.4 Å². The molecule has 1 N–H and O–H groups in total. The van der Waals surface area contributed by atoms with E-state index in [0.717, 1.165) is 22.2 Å². The van der Waals surface area contributed by atoms with Crippen molar-refractivity contribution < 1.29 is 28.6 Å². The summed E-state index contributed by atoms with van der Waals surface area (Å²) in [6, 6.07) is 10.6. The number of carbonyl (C=O) groups excluding carboxylic acids is 3. The van der Waals surface area contributed by atoms with E-state index in [1.165, 1.54) is 19.1 Å². The summed E-state index contributed by atoms with van der Waals surface area (Å²) in [6.45, 7) is 0.121. The van der Waals surface area contributed by atoms with Crippen LogP contribution in [0.5, 0.6) is 5.75 Å². The monoisotopic (exact) mass is 494 g/mol. The molecule has 0 spiro atoms. The van der Waals surface area contributed by atoms with Gasteiger partial charge in [0.1, 0.15) is 24.3 Å². The molecule has 1 aromatic heterocycles. The lowest BCUT2D eigenvalue weighted by molar-refractivity contribution is -0.154. The number of amides is 1. The van der Waals surface area contributed by atoms with Crippen LogP contribution in [0.1, 0.15) is 33.2 Å². The predicted octanol–water partition coefficient (Wildman–Crippen LogP) is 3.22. The first kappa shape index (κ1) is 24.2. The zero-order valence-electron chi connectivity index (χ0n) is 19.2. The number of rotatable bonds is 6. The van der Waals surface area contributed by atoms with E-state index in [4.69, 9.17) is 32.2 Å². The predicted molar refractivity (Wildman–Crippen MR) is 129 cm³/mol. The van der Waals surface area contributed by atoms with Crippen molar-refractivity contribution in [2.75, 3.05) is 26.7 Å². The quantitative estimate of drug-likeness (QED) is 0.321. The van der Waals surface area contributed by atoms with Gasteiger partial charge in [0.05, 0.1) is 25.8 Å². The van der Waals surface area contributed by atoms with Gasteiger partial charge in [-0.05, 0) is 41.5 Å². The second-order valence-electron chi connectivity index (χ2n) is 7.91. The van der Waals surface area contributed by atoms with Gasteiger partial charge in [-0.1, -0.05) is 18.1 Å². The first-order valence-electron chi connectivity index (χ1n) is 10.8.